The highest BCUT2D eigenvalue weighted by Crippen LogP contribution is 2.31. The number of nitrogens with one attached hydrogen (secondary N) is 3. The van der Waals surface area contributed by atoms with Crippen molar-refractivity contribution in [2.75, 3.05) is 16.0 Å². The minimum Gasteiger partial charge on any atom is -0.454 e. The molecule has 1 fully saturated rings. The average Bonchev–Trinajstić information content (AvgIpc) is 3.63. The number of nitrogens with zero attached hydrogens (tertiary/aromatic N) is 1. The van der Waals surface area contributed by atoms with Crippen LogP contribution < -0.4 is 20.7 Å². The second kappa shape index (κ2) is 10.1. The highest BCUT2D eigenvalue weighted by molar-refractivity contribution is 6.08. The van der Waals surface area contributed by atoms with E-state index in [0.717, 1.165) is 18.9 Å². The van der Waals surface area contributed by atoms with Gasteiger partial charge in [0.15, 0.2) is 11.6 Å². The Bertz CT molecular complexity index is 1230. The summed E-state index contributed by atoms with van der Waals surface area (Å²) < 4.78 is 33.0. The van der Waals surface area contributed by atoms with Crippen LogP contribution in [0.1, 0.15) is 19.3 Å². The molecule has 0 unspecified atom stereocenters. The lowest BCUT2D eigenvalue weighted by molar-refractivity contribution is -0.123. The Morgan fingerprint density at radius 1 is 0.882 bits per heavy atom. The molecule has 8 nitrogen and oxygen atoms in total. The molecule has 0 atom stereocenters. The molecule has 0 spiro atoms. The van der Waals surface area contributed by atoms with Crippen molar-refractivity contribution in [1.82, 2.24) is 4.98 Å². The molecule has 0 saturated heterocycles. The first-order valence-electron chi connectivity index (χ1n) is 10.5. The van der Waals surface area contributed by atoms with Gasteiger partial charge in [-0.15, -0.1) is 0 Å². The summed E-state index contributed by atoms with van der Waals surface area (Å²) in [5.74, 6) is -2.07. The summed E-state index contributed by atoms with van der Waals surface area (Å²) >= 11 is 0. The largest absolute Gasteiger partial charge is 0.454 e. The summed E-state index contributed by atoms with van der Waals surface area (Å²) in [4.78, 5) is 40.0. The van der Waals surface area contributed by atoms with Crippen molar-refractivity contribution in [3.8, 4) is 11.5 Å². The van der Waals surface area contributed by atoms with Crippen LogP contribution in [0.4, 0.5) is 26.0 Å². The van der Waals surface area contributed by atoms with E-state index in [2.05, 4.69) is 20.9 Å². The third kappa shape index (κ3) is 6.35. The second-order valence-corrected chi connectivity index (χ2v) is 7.67. The third-order valence-electron chi connectivity index (χ3n) is 4.82. The Hall–Kier alpha value is -4.34. The highest BCUT2D eigenvalue weighted by Gasteiger charge is 2.29. The van der Waals surface area contributed by atoms with Crippen LogP contribution in [0.3, 0.4) is 0 Å². The van der Waals surface area contributed by atoms with Gasteiger partial charge in [-0.25, -0.2) is 13.8 Å². The molecule has 3 aromatic rings. The van der Waals surface area contributed by atoms with Crippen molar-refractivity contribution in [2.24, 2.45) is 5.92 Å². The van der Waals surface area contributed by atoms with E-state index in [4.69, 9.17) is 4.74 Å². The standard InChI is InChI=1S/C24H20F2N4O4/c25-15-3-5-16(6-4-15)28-22(31)13-23(32)29-17-7-8-20(19(26)11-17)34-18-9-10-27-21(12-18)30-24(33)14-1-2-14/h3-12,14H,1-2,13H2,(H,28,31)(H,29,32)(H,27,30,33). The van der Waals surface area contributed by atoms with Crippen LogP contribution >= 0.6 is 0 Å². The molecule has 1 aliphatic rings. The maximum absolute atomic E-state index is 14.5. The Morgan fingerprint density at radius 2 is 1.56 bits per heavy atom. The summed E-state index contributed by atoms with van der Waals surface area (Å²) in [7, 11) is 0. The summed E-state index contributed by atoms with van der Waals surface area (Å²) in [6, 6.07) is 11.9. The third-order valence-corrected chi connectivity index (χ3v) is 4.82. The first-order valence-corrected chi connectivity index (χ1v) is 10.5. The zero-order valence-corrected chi connectivity index (χ0v) is 17.8. The minimum absolute atomic E-state index is 0.0144. The number of halogens is 2. The topological polar surface area (TPSA) is 109 Å². The number of hydrogen-bond donors (Lipinski definition) is 3. The number of pyridine rings is 1. The first kappa shape index (κ1) is 22.8. The smallest absolute Gasteiger partial charge is 0.233 e. The number of rotatable bonds is 8. The predicted molar refractivity (Wildman–Crippen MR) is 120 cm³/mol. The quantitative estimate of drug-likeness (QED) is 0.425. The van der Waals surface area contributed by atoms with Crippen LogP contribution in [0.15, 0.2) is 60.8 Å². The Labute approximate surface area is 193 Å². The number of ether oxygens (including phenoxy) is 1. The predicted octanol–water partition coefficient (Wildman–Crippen LogP) is 4.47. The Balaban J connectivity index is 1.32. The zero-order valence-electron chi connectivity index (χ0n) is 17.8. The summed E-state index contributed by atoms with van der Waals surface area (Å²) in [6.45, 7) is 0. The number of carbonyl (C=O) groups excluding carboxylic acids is 3. The minimum atomic E-state index is -0.742. The van der Waals surface area contributed by atoms with E-state index in [0.29, 0.717) is 11.5 Å². The summed E-state index contributed by atoms with van der Waals surface area (Å²) in [6.07, 6.45) is 2.63. The average molecular weight is 466 g/mol. The maximum atomic E-state index is 14.5. The van der Waals surface area contributed by atoms with Gasteiger partial charge in [0.1, 0.15) is 23.8 Å². The molecule has 0 radical (unpaired) electrons. The molecular formula is C24H20F2N4O4. The molecule has 1 aliphatic carbocycles. The van der Waals surface area contributed by atoms with Crippen molar-refractivity contribution in [3.63, 3.8) is 0 Å². The molecule has 0 bridgehead atoms. The molecule has 1 heterocycles. The van der Waals surface area contributed by atoms with Gasteiger partial charge in [-0.05, 0) is 55.3 Å². The van der Waals surface area contributed by atoms with E-state index in [9.17, 15) is 23.2 Å². The van der Waals surface area contributed by atoms with E-state index in [1.807, 2.05) is 0 Å². The number of amides is 3. The van der Waals surface area contributed by atoms with Gasteiger partial charge >= 0.3 is 0 Å². The van der Waals surface area contributed by atoms with E-state index >= 15 is 0 Å². The molecular weight excluding hydrogens is 446 g/mol. The van der Waals surface area contributed by atoms with E-state index in [-0.39, 0.29) is 29.0 Å². The molecule has 3 amide bonds. The number of anilines is 3. The van der Waals surface area contributed by atoms with Gasteiger partial charge in [0.25, 0.3) is 0 Å². The normalized spacial score (nSPS) is 12.5. The number of aromatic nitrogens is 1. The molecule has 1 saturated carbocycles. The van der Waals surface area contributed by atoms with E-state index in [1.165, 1.54) is 54.7 Å². The van der Waals surface area contributed by atoms with E-state index < -0.39 is 29.9 Å². The fourth-order valence-electron chi connectivity index (χ4n) is 2.99. The molecule has 4 rings (SSSR count). The fourth-order valence-corrected chi connectivity index (χ4v) is 2.99. The first-order chi connectivity index (χ1) is 16.4. The van der Waals surface area contributed by atoms with Crippen LogP contribution in [0.5, 0.6) is 11.5 Å². The van der Waals surface area contributed by atoms with Crippen LogP contribution in [-0.4, -0.2) is 22.7 Å². The SMILES string of the molecule is O=C(CC(=O)Nc1ccc(Oc2ccnc(NC(=O)C3CC3)c2)c(F)c1)Nc1ccc(F)cc1. The van der Waals surface area contributed by atoms with Crippen LogP contribution in [0, 0.1) is 17.6 Å². The molecule has 0 aliphatic heterocycles. The molecule has 34 heavy (non-hydrogen) atoms. The molecule has 3 N–H and O–H groups in total. The zero-order chi connectivity index (χ0) is 24.1. The van der Waals surface area contributed by atoms with Gasteiger partial charge in [0.2, 0.25) is 17.7 Å². The van der Waals surface area contributed by atoms with Crippen molar-refractivity contribution in [3.05, 3.63) is 72.4 Å². The van der Waals surface area contributed by atoms with Crippen molar-refractivity contribution in [1.29, 1.82) is 0 Å². The lowest BCUT2D eigenvalue weighted by Crippen LogP contribution is -2.21. The van der Waals surface area contributed by atoms with Crippen molar-refractivity contribution >= 4 is 34.9 Å². The lowest BCUT2D eigenvalue weighted by Gasteiger charge is -2.11. The number of hydrogen-bond acceptors (Lipinski definition) is 5. The lowest BCUT2D eigenvalue weighted by atomic mass is 10.2. The summed E-state index contributed by atoms with van der Waals surface area (Å²) in [5.41, 5.74) is 0.481. The molecule has 2 aromatic carbocycles. The molecule has 1 aromatic heterocycles. The fraction of sp³-hybridized carbons (Fsp3) is 0.167. The molecule has 174 valence electrons. The van der Waals surface area contributed by atoms with Crippen LogP contribution in [0.25, 0.3) is 0 Å². The van der Waals surface area contributed by atoms with Gasteiger partial charge < -0.3 is 20.7 Å². The van der Waals surface area contributed by atoms with Crippen molar-refractivity contribution in [2.45, 2.75) is 19.3 Å². The van der Waals surface area contributed by atoms with Gasteiger partial charge in [-0.3, -0.25) is 14.4 Å². The van der Waals surface area contributed by atoms with Crippen molar-refractivity contribution < 1.29 is 27.9 Å². The summed E-state index contributed by atoms with van der Waals surface area (Å²) in [5, 5.41) is 7.59. The Kier molecular flexibility index (Phi) is 6.77. The van der Waals surface area contributed by atoms with Crippen LogP contribution in [-0.2, 0) is 14.4 Å². The molecule has 10 heteroatoms. The highest BCUT2D eigenvalue weighted by atomic mass is 19.1. The van der Waals surface area contributed by atoms with E-state index in [1.54, 1.807) is 0 Å². The van der Waals surface area contributed by atoms with Gasteiger partial charge in [0.05, 0.1) is 0 Å². The van der Waals surface area contributed by atoms with Crippen LogP contribution in [0.2, 0.25) is 0 Å². The van der Waals surface area contributed by atoms with Gasteiger partial charge in [-0.1, -0.05) is 0 Å². The number of benzene rings is 2. The maximum Gasteiger partial charge on any atom is 0.233 e. The monoisotopic (exact) mass is 466 g/mol. The number of carbonyl (C=O) groups is 3. The van der Waals surface area contributed by atoms with Gasteiger partial charge in [0, 0.05) is 35.6 Å². The second-order valence-electron chi connectivity index (χ2n) is 7.67. The Morgan fingerprint density at radius 3 is 2.24 bits per heavy atom. The van der Waals surface area contributed by atoms with Gasteiger partial charge in [-0.2, -0.15) is 0 Å².